The zero-order chi connectivity index (χ0) is 14.3. The van der Waals surface area contributed by atoms with Gasteiger partial charge in [-0.3, -0.25) is 4.79 Å². The molecule has 3 N–H and O–H groups in total. The van der Waals surface area contributed by atoms with Crippen molar-refractivity contribution in [3.63, 3.8) is 0 Å². The van der Waals surface area contributed by atoms with Crippen molar-refractivity contribution in [1.29, 1.82) is 0 Å². The summed E-state index contributed by atoms with van der Waals surface area (Å²) in [5.74, 6) is 0.0238. The molecular weight excluding hydrogens is 243 g/mol. The molecule has 0 bridgehead atoms. The second-order valence-corrected chi connectivity index (χ2v) is 5.16. The van der Waals surface area contributed by atoms with Crippen LogP contribution in [0.15, 0.2) is 24.3 Å². The maximum Gasteiger partial charge on any atom is 0.222 e. The minimum absolute atomic E-state index is 0.0386. The molecule has 0 saturated carbocycles. The monoisotopic (exact) mass is 266 g/mol. The number of nitrogens with one attached hydrogen (secondary N) is 1. The predicted molar refractivity (Wildman–Crippen MR) is 75.1 cm³/mol. The van der Waals surface area contributed by atoms with Crippen LogP contribution in [0.1, 0.15) is 25.8 Å². The largest absolute Gasteiger partial charge is 0.356 e. The molecule has 19 heavy (non-hydrogen) atoms. The Balaban J connectivity index is 2.34. The van der Waals surface area contributed by atoms with E-state index < -0.39 is 0 Å². The molecule has 1 aromatic carbocycles. The van der Waals surface area contributed by atoms with Gasteiger partial charge in [0, 0.05) is 12.5 Å². The van der Waals surface area contributed by atoms with Crippen LogP contribution in [0.3, 0.4) is 0 Å². The zero-order valence-corrected chi connectivity index (χ0v) is 11.7. The molecule has 0 spiro atoms. The summed E-state index contributed by atoms with van der Waals surface area (Å²) < 4.78 is 13.0. The van der Waals surface area contributed by atoms with Crippen molar-refractivity contribution in [2.45, 2.75) is 26.7 Å². The smallest absolute Gasteiger partial charge is 0.222 e. The van der Waals surface area contributed by atoms with Crippen molar-refractivity contribution in [3.05, 3.63) is 35.6 Å². The van der Waals surface area contributed by atoms with Crippen LogP contribution in [0.2, 0.25) is 0 Å². The van der Waals surface area contributed by atoms with E-state index in [0.717, 1.165) is 5.56 Å². The molecule has 0 radical (unpaired) electrons. The first kappa shape index (κ1) is 15.6. The predicted octanol–water partition coefficient (Wildman–Crippen LogP) is 2.11. The van der Waals surface area contributed by atoms with Gasteiger partial charge in [-0.05, 0) is 43.0 Å². The first-order valence-corrected chi connectivity index (χ1v) is 6.75. The summed E-state index contributed by atoms with van der Waals surface area (Å²) in [4.78, 5) is 11.8. The molecule has 0 aromatic heterocycles. The third-order valence-electron chi connectivity index (χ3n) is 3.23. The molecular formula is C15H23FN2O. The standard InChI is InChI=1S/C15H23FN2O/c1-11(9-17)10-18-15(19)12(2)6-7-13-4-3-5-14(16)8-13/h3-5,8,11-12H,6-7,9-10,17H2,1-2H3,(H,18,19). The van der Waals surface area contributed by atoms with E-state index >= 15 is 0 Å². The third-order valence-corrected chi connectivity index (χ3v) is 3.23. The number of carbonyl (C=O) groups is 1. The fourth-order valence-corrected chi connectivity index (χ4v) is 1.74. The number of hydrogen-bond donors (Lipinski definition) is 2. The van der Waals surface area contributed by atoms with E-state index in [1.54, 1.807) is 6.07 Å². The maximum absolute atomic E-state index is 13.0. The van der Waals surface area contributed by atoms with Gasteiger partial charge in [0.25, 0.3) is 0 Å². The highest BCUT2D eigenvalue weighted by molar-refractivity contribution is 5.78. The van der Waals surface area contributed by atoms with E-state index in [4.69, 9.17) is 5.73 Å². The van der Waals surface area contributed by atoms with Crippen LogP contribution >= 0.6 is 0 Å². The van der Waals surface area contributed by atoms with Crippen LogP contribution in [0, 0.1) is 17.7 Å². The van der Waals surface area contributed by atoms with Crippen LogP contribution < -0.4 is 11.1 Å². The van der Waals surface area contributed by atoms with Gasteiger partial charge in [-0.1, -0.05) is 26.0 Å². The molecule has 0 saturated heterocycles. The number of carbonyl (C=O) groups excluding carboxylic acids is 1. The van der Waals surface area contributed by atoms with Crippen molar-refractivity contribution in [3.8, 4) is 0 Å². The summed E-state index contributed by atoms with van der Waals surface area (Å²) in [6, 6.07) is 6.51. The van der Waals surface area contributed by atoms with Crippen LogP contribution in [0.5, 0.6) is 0 Å². The molecule has 0 aliphatic rings. The summed E-state index contributed by atoms with van der Waals surface area (Å²) in [6.07, 6.45) is 1.42. The van der Waals surface area contributed by atoms with E-state index in [-0.39, 0.29) is 17.6 Å². The molecule has 0 aliphatic heterocycles. The summed E-state index contributed by atoms with van der Waals surface area (Å²) in [6.45, 7) is 5.07. The van der Waals surface area contributed by atoms with Crippen LogP contribution in [-0.4, -0.2) is 19.0 Å². The van der Waals surface area contributed by atoms with E-state index in [9.17, 15) is 9.18 Å². The number of benzene rings is 1. The molecule has 1 aromatic rings. The minimum atomic E-state index is -0.230. The van der Waals surface area contributed by atoms with E-state index in [2.05, 4.69) is 5.32 Å². The molecule has 4 heteroatoms. The highest BCUT2D eigenvalue weighted by atomic mass is 19.1. The summed E-state index contributed by atoms with van der Waals surface area (Å²) in [7, 11) is 0. The SMILES string of the molecule is CC(CN)CNC(=O)C(C)CCc1cccc(F)c1. The average molecular weight is 266 g/mol. The van der Waals surface area contributed by atoms with E-state index in [1.807, 2.05) is 19.9 Å². The number of nitrogens with two attached hydrogens (primary N) is 1. The Labute approximate surface area is 114 Å². The summed E-state index contributed by atoms with van der Waals surface area (Å²) in [5, 5.41) is 2.89. The fourth-order valence-electron chi connectivity index (χ4n) is 1.74. The maximum atomic E-state index is 13.0. The fraction of sp³-hybridized carbons (Fsp3) is 0.533. The second kappa shape index (κ2) is 7.89. The van der Waals surface area contributed by atoms with Gasteiger partial charge >= 0.3 is 0 Å². The molecule has 106 valence electrons. The number of amides is 1. The first-order chi connectivity index (χ1) is 9.02. The van der Waals surface area contributed by atoms with Crippen molar-refractivity contribution < 1.29 is 9.18 Å². The van der Waals surface area contributed by atoms with Gasteiger partial charge in [0.1, 0.15) is 5.82 Å². The van der Waals surface area contributed by atoms with Crippen LogP contribution in [0.4, 0.5) is 4.39 Å². The van der Waals surface area contributed by atoms with Gasteiger partial charge in [-0.2, -0.15) is 0 Å². The number of hydrogen-bond acceptors (Lipinski definition) is 2. The van der Waals surface area contributed by atoms with Gasteiger partial charge in [0.2, 0.25) is 5.91 Å². The van der Waals surface area contributed by atoms with Gasteiger partial charge in [0.15, 0.2) is 0 Å². The van der Waals surface area contributed by atoms with E-state index in [0.29, 0.717) is 31.8 Å². The molecule has 1 amide bonds. The van der Waals surface area contributed by atoms with Gasteiger partial charge < -0.3 is 11.1 Å². The molecule has 0 aliphatic carbocycles. The molecule has 0 fully saturated rings. The molecule has 2 atom stereocenters. The van der Waals surface area contributed by atoms with Crippen molar-refractivity contribution >= 4 is 5.91 Å². The van der Waals surface area contributed by atoms with E-state index in [1.165, 1.54) is 12.1 Å². The Bertz CT molecular complexity index is 409. The minimum Gasteiger partial charge on any atom is -0.356 e. The van der Waals surface area contributed by atoms with Gasteiger partial charge in [-0.15, -0.1) is 0 Å². The third kappa shape index (κ3) is 5.83. The zero-order valence-electron chi connectivity index (χ0n) is 11.7. The first-order valence-electron chi connectivity index (χ1n) is 6.75. The number of halogens is 1. The Morgan fingerprint density at radius 2 is 2.16 bits per heavy atom. The van der Waals surface area contributed by atoms with Crippen molar-refractivity contribution in [2.75, 3.05) is 13.1 Å². The highest BCUT2D eigenvalue weighted by Crippen LogP contribution is 2.11. The normalized spacial score (nSPS) is 13.9. The topological polar surface area (TPSA) is 55.1 Å². The summed E-state index contributed by atoms with van der Waals surface area (Å²) in [5.41, 5.74) is 6.42. The molecule has 0 heterocycles. The van der Waals surface area contributed by atoms with Crippen LogP contribution in [-0.2, 0) is 11.2 Å². The average Bonchev–Trinajstić information content (AvgIpc) is 2.41. The Hall–Kier alpha value is -1.42. The van der Waals surface area contributed by atoms with Gasteiger partial charge in [0.05, 0.1) is 0 Å². The Morgan fingerprint density at radius 3 is 2.79 bits per heavy atom. The second-order valence-electron chi connectivity index (χ2n) is 5.16. The Kier molecular flexibility index (Phi) is 6.50. The van der Waals surface area contributed by atoms with Crippen molar-refractivity contribution in [2.24, 2.45) is 17.6 Å². The summed E-state index contributed by atoms with van der Waals surface area (Å²) >= 11 is 0. The molecule has 2 unspecified atom stereocenters. The molecule has 1 rings (SSSR count). The lowest BCUT2D eigenvalue weighted by Gasteiger charge is -2.14. The van der Waals surface area contributed by atoms with Crippen molar-refractivity contribution in [1.82, 2.24) is 5.32 Å². The lowest BCUT2D eigenvalue weighted by atomic mass is 10.00. The van der Waals surface area contributed by atoms with Crippen LogP contribution in [0.25, 0.3) is 0 Å². The number of aryl methyl sites for hydroxylation is 1. The Morgan fingerprint density at radius 1 is 1.42 bits per heavy atom. The molecule has 3 nitrogen and oxygen atoms in total. The quantitative estimate of drug-likeness (QED) is 0.794. The lowest BCUT2D eigenvalue weighted by Crippen LogP contribution is -2.34. The highest BCUT2D eigenvalue weighted by Gasteiger charge is 2.13. The lowest BCUT2D eigenvalue weighted by molar-refractivity contribution is -0.124. The van der Waals surface area contributed by atoms with Gasteiger partial charge in [-0.25, -0.2) is 4.39 Å². The number of rotatable bonds is 7.